The van der Waals surface area contributed by atoms with Crippen molar-refractivity contribution in [3.8, 4) is 45.6 Å². The van der Waals surface area contributed by atoms with Crippen LogP contribution in [0.1, 0.15) is 33.4 Å². The average Bonchev–Trinajstić information content (AvgIpc) is 3.16. The van der Waals surface area contributed by atoms with E-state index in [9.17, 15) is 0 Å². The highest BCUT2D eigenvalue weighted by Gasteiger charge is 2.40. The SMILES string of the molecule is Cc1cc(C)c(OP2Oc3ccccc3[Si](C)(C)c3ccccc3O2)c(-c2c(C)c(C)cc(C)c2OP2Oc3ccccc3[Si](C)(C)c3ccccc3O2)c1C. The van der Waals surface area contributed by atoms with E-state index in [0.717, 1.165) is 67.5 Å². The first-order chi connectivity index (χ1) is 26.8. The molecule has 0 atom stereocenters. The van der Waals surface area contributed by atoms with Gasteiger partial charge in [-0.25, -0.2) is 0 Å². The summed E-state index contributed by atoms with van der Waals surface area (Å²) in [7, 11) is -8.20. The fourth-order valence-corrected chi connectivity index (χ4v) is 16.3. The van der Waals surface area contributed by atoms with Gasteiger partial charge in [-0.1, -0.05) is 111 Å². The van der Waals surface area contributed by atoms with Crippen molar-refractivity contribution in [3.05, 3.63) is 143 Å². The largest absolute Gasteiger partial charge is 0.530 e. The number of hydrogen-bond donors (Lipinski definition) is 0. The predicted molar refractivity (Wildman–Crippen MR) is 237 cm³/mol. The van der Waals surface area contributed by atoms with Gasteiger partial charge in [-0.2, -0.15) is 0 Å². The molecular formula is C46H48O6P2Si2. The maximum atomic E-state index is 7.08. The van der Waals surface area contributed by atoms with Crippen LogP contribution in [0, 0.1) is 41.5 Å². The van der Waals surface area contributed by atoms with Crippen molar-refractivity contribution in [2.75, 3.05) is 0 Å². The molecule has 0 aliphatic carbocycles. The van der Waals surface area contributed by atoms with Crippen LogP contribution in [0.5, 0.6) is 34.5 Å². The van der Waals surface area contributed by atoms with Gasteiger partial charge in [-0.3, -0.25) is 0 Å². The molecular weight excluding hydrogens is 767 g/mol. The normalized spacial score (nSPS) is 15.7. The third-order valence-electron chi connectivity index (χ3n) is 11.5. The van der Waals surface area contributed by atoms with Gasteiger partial charge in [0.1, 0.15) is 50.6 Å². The lowest BCUT2D eigenvalue weighted by atomic mass is 9.87. The van der Waals surface area contributed by atoms with E-state index in [1.807, 2.05) is 48.5 Å². The molecule has 0 N–H and O–H groups in total. The van der Waals surface area contributed by atoms with Crippen LogP contribution >= 0.6 is 17.2 Å². The smallest absolute Gasteiger partial charge is 0.409 e. The maximum absolute atomic E-state index is 7.08. The first-order valence-electron chi connectivity index (χ1n) is 19.0. The highest BCUT2D eigenvalue weighted by atomic mass is 31.2. The molecule has 0 fully saturated rings. The minimum absolute atomic E-state index is 0.694. The predicted octanol–water partition coefficient (Wildman–Crippen LogP) is 11.0. The Balaban J connectivity index is 1.27. The van der Waals surface area contributed by atoms with Crippen LogP contribution in [-0.2, 0) is 0 Å². The molecule has 286 valence electrons. The van der Waals surface area contributed by atoms with Crippen LogP contribution in [0.25, 0.3) is 11.1 Å². The quantitative estimate of drug-likeness (QED) is 0.128. The summed E-state index contributed by atoms with van der Waals surface area (Å²) in [6.07, 6.45) is 0. The molecule has 56 heavy (non-hydrogen) atoms. The molecule has 2 aliphatic rings. The topological polar surface area (TPSA) is 55.4 Å². The van der Waals surface area contributed by atoms with E-state index >= 15 is 0 Å². The Kier molecular flexibility index (Phi) is 10.1. The standard InChI is InChI=1S/C46H48O6P2Si2/c1-29-27-31(3)45(51-53-47-35-19-11-15-23-39(35)55(7,8)40-24-16-12-20-36(40)48-53)43(33(29)5)44-34(6)30(2)28-32(4)46(44)52-54-49-37-21-13-17-25-41(37)56(9,10)42-26-18-14-22-38(42)50-54/h11-28H,1-10H3. The summed E-state index contributed by atoms with van der Waals surface area (Å²) in [6.45, 7) is 22.1. The van der Waals surface area contributed by atoms with Gasteiger partial charge in [0.25, 0.3) is 0 Å². The monoisotopic (exact) mass is 814 g/mol. The number of aryl methyl sites for hydroxylation is 4. The summed E-state index contributed by atoms with van der Waals surface area (Å²) in [5, 5.41) is 4.83. The highest BCUT2D eigenvalue weighted by Crippen LogP contribution is 2.54. The van der Waals surface area contributed by atoms with Gasteiger partial charge >= 0.3 is 17.2 Å². The third-order valence-corrected chi connectivity index (χ3v) is 20.6. The second-order valence-corrected chi connectivity index (χ2v) is 26.6. The van der Waals surface area contributed by atoms with Crippen molar-refractivity contribution < 1.29 is 27.1 Å². The van der Waals surface area contributed by atoms with E-state index in [-0.39, 0.29) is 0 Å². The summed E-state index contributed by atoms with van der Waals surface area (Å²) in [6, 6.07) is 37.7. The lowest BCUT2D eigenvalue weighted by molar-refractivity contribution is 0.385. The average molecular weight is 815 g/mol. The summed E-state index contributed by atoms with van der Waals surface area (Å²) in [5.41, 5.74) is 8.26. The maximum Gasteiger partial charge on any atom is 0.530 e. The van der Waals surface area contributed by atoms with Crippen molar-refractivity contribution in [3.63, 3.8) is 0 Å². The van der Waals surface area contributed by atoms with E-state index < -0.39 is 33.4 Å². The zero-order chi connectivity index (χ0) is 39.5. The van der Waals surface area contributed by atoms with E-state index in [1.54, 1.807) is 0 Å². The van der Waals surface area contributed by atoms with Gasteiger partial charge in [0.15, 0.2) is 0 Å². The van der Waals surface area contributed by atoms with Crippen LogP contribution in [-0.4, -0.2) is 16.1 Å². The third kappa shape index (κ3) is 6.71. The molecule has 0 radical (unpaired) electrons. The molecule has 0 saturated heterocycles. The number of rotatable bonds is 5. The number of hydrogen-bond acceptors (Lipinski definition) is 6. The minimum atomic E-state index is -2.17. The molecule has 6 aromatic rings. The summed E-state index contributed by atoms with van der Waals surface area (Å²) >= 11 is 0. The van der Waals surface area contributed by atoms with E-state index in [4.69, 9.17) is 27.1 Å². The fraction of sp³-hybridized carbons (Fsp3) is 0.217. The van der Waals surface area contributed by atoms with Crippen molar-refractivity contribution in [2.24, 2.45) is 0 Å². The Morgan fingerprint density at radius 1 is 0.393 bits per heavy atom. The second-order valence-electron chi connectivity index (χ2n) is 15.9. The molecule has 0 bridgehead atoms. The Hall–Kier alpha value is -4.59. The van der Waals surface area contributed by atoms with E-state index in [1.165, 1.54) is 20.7 Å². The van der Waals surface area contributed by atoms with E-state index in [2.05, 4.69) is 128 Å². The van der Waals surface area contributed by atoms with Gasteiger partial charge in [0, 0.05) is 11.1 Å². The van der Waals surface area contributed by atoms with Crippen molar-refractivity contribution in [1.29, 1.82) is 0 Å². The first kappa shape index (κ1) is 38.3. The summed E-state index contributed by atoms with van der Waals surface area (Å²) in [5.74, 6) is 4.58. The number of fused-ring (bicyclic) bond motifs is 4. The highest BCUT2D eigenvalue weighted by molar-refractivity contribution is 7.43. The van der Waals surface area contributed by atoms with Crippen molar-refractivity contribution in [2.45, 2.75) is 67.7 Å². The van der Waals surface area contributed by atoms with Crippen LogP contribution in [0.4, 0.5) is 0 Å². The molecule has 2 aliphatic heterocycles. The molecule has 0 saturated carbocycles. The Morgan fingerprint density at radius 3 is 0.946 bits per heavy atom. The Morgan fingerprint density at radius 2 is 0.661 bits per heavy atom. The summed E-state index contributed by atoms with van der Waals surface area (Å²) < 4.78 is 41.3. The lowest BCUT2D eigenvalue weighted by Gasteiger charge is -2.33. The Labute approximate surface area is 335 Å². The van der Waals surface area contributed by atoms with Crippen LogP contribution in [0.2, 0.25) is 26.2 Å². The van der Waals surface area contributed by atoms with Gasteiger partial charge in [0.05, 0.1) is 0 Å². The summed E-state index contributed by atoms with van der Waals surface area (Å²) in [4.78, 5) is 0. The van der Waals surface area contributed by atoms with Gasteiger partial charge in [0.2, 0.25) is 0 Å². The van der Waals surface area contributed by atoms with Crippen LogP contribution < -0.4 is 47.9 Å². The lowest BCUT2D eigenvalue weighted by Crippen LogP contribution is -2.54. The van der Waals surface area contributed by atoms with Gasteiger partial charge in [-0.15, -0.1) is 0 Å². The number of para-hydroxylation sites is 4. The first-order valence-corrected chi connectivity index (χ1v) is 27.2. The van der Waals surface area contributed by atoms with E-state index in [0.29, 0.717) is 11.5 Å². The van der Waals surface area contributed by atoms with Crippen molar-refractivity contribution in [1.82, 2.24) is 0 Å². The molecule has 10 heteroatoms. The fourth-order valence-electron chi connectivity index (χ4n) is 8.09. The number of benzene rings is 6. The molecule has 0 aromatic heterocycles. The molecule has 2 heterocycles. The van der Waals surface area contributed by atoms with Crippen LogP contribution in [0.3, 0.4) is 0 Å². The van der Waals surface area contributed by atoms with Gasteiger partial charge < -0.3 is 27.1 Å². The minimum Gasteiger partial charge on any atom is -0.409 e. The zero-order valence-electron chi connectivity index (χ0n) is 33.7. The zero-order valence-corrected chi connectivity index (χ0v) is 37.5. The molecule has 6 nitrogen and oxygen atoms in total. The van der Waals surface area contributed by atoms with Gasteiger partial charge in [-0.05, 0) is 120 Å². The molecule has 0 amide bonds. The molecule has 6 aromatic carbocycles. The molecule has 0 unspecified atom stereocenters. The van der Waals surface area contributed by atoms with Crippen LogP contribution in [0.15, 0.2) is 109 Å². The van der Waals surface area contributed by atoms with Crippen molar-refractivity contribution >= 4 is 54.1 Å². The second kappa shape index (κ2) is 14.7. The Bertz CT molecular complexity index is 2220. The molecule has 0 spiro atoms. The molecule has 8 rings (SSSR count).